The fourth-order valence-corrected chi connectivity index (χ4v) is 18.4. The SMILES string of the molecule is C=Cc1ccc(CSc2nnc(SCc3ccc(C(C)CC)cc3)s2)cc1.CCC(C)C(=O)N(C)C.CCC(C)C(=O)NC(C)(C)CS(=O)(=O)[O-].CCCCCSc1nnc(SCc2ccc(C(C)CC)cc2)s1.CCCCSc1nnc(SCc2ccc(C(C)CC)cc2)s1.[K+]. The van der Waals surface area contributed by atoms with Crippen molar-refractivity contribution in [3.8, 4) is 0 Å². The first-order chi connectivity index (χ1) is 45.8. The molecular weight excluding hydrogens is 1430 g/mol. The van der Waals surface area contributed by atoms with Crippen LogP contribution in [0.2, 0.25) is 0 Å². The molecule has 7 aromatic rings. The van der Waals surface area contributed by atoms with Gasteiger partial charge >= 0.3 is 51.4 Å². The number of nitrogens with one attached hydrogen (secondary N) is 1. The third-order valence-corrected chi connectivity index (χ3v) is 26.6. The predicted octanol–water partition coefficient (Wildman–Crippen LogP) is 18.7. The van der Waals surface area contributed by atoms with Crippen LogP contribution < -0.4 is 56.7 Å². The largest absolute Gasteiger partial charge is 1.00 e. The molecule has 0 aliphatic rings. The maximum absolute atomic E-state index is 11.5. The van der Waals surface area contributed by atoms with Crippen molar-refractivity contribution in [1.82, 2.24) is 40.8 Å². The first-order valence-electron chi connectivity index (χ1n) is 33.5. The minimum Gasteiger partial charge on any atom is -0.748 e. The monoisotopic (exact) mass is 1530 g/mol. The molecular formula is C73H107KN8O5S10. The number of aromatic nitrogens is 6. The molecule has 97 heavy (non-hydrogen) atoms. The molecule has 0 aliphatic carbocycles. The van der Waals surface area contributed by atoms with Gasteiger partial charge in [-0.25, -0.2) is 8.42 Å². The van der Waals surface area contributed by atoms with E-state index in [0.29, 0.717) is 24.2 Å². The average molecular weight is 1540 g/mol. The number of thioether (sulfide) groups is 6. The Kier molecular flexibility index (Phi) is 47.9. The van der Waals surface area contributed by atoms with E-state index in [2.05, 4.69) is 195 Å². The summed E-state index contributed by atoms with van der Waals surface area (Å²) in [5, 5.41) is 28.3. The van der Waals surface area contributed by atoms with E-state index in [1.807, 2.05) is 50.4 Å². The van der Waals surface area contributed by atoms with E-state index in [4.69, 9.17) is 0 Å². The molecule has 0 saturated heterocycles. The van der Waals surface area contributed by atoms with E-state index in [1.165, 1.54) is 104 Å². The van der Waals surface area contributed by atoms with Crippen LogP contribution in [0.3, 0.4) is 0 Å². The molecule has 0 fully saturated rings. The zero-order valence-electron chi connectivity index (χ0n) is 60.7. The minimum absolute atomic E-state index is 0. The quantitative estimate of drug-likeness (QED) is 0.0171. The molecule has 0 bridgehead atoms. The van der Waals surface area contributed by atoms with E-state index in [0.717, 1.165) is 72.5 Å². The van der Waals surface area contributed by atoms with Gasteiger partial charge in [-0.3, -0.25) is 9.59 Å². The second-order valence-corrected chi connectivity index (χ2v) is 36.3. The molecule has 4 aromatic carbocycles. The van der Waals surface area contributed by atoms with Crippen molar-refractivity contribution in [1.29, 1.82) is 0 Å². The molecule has 0 saturated carbocycles. The molecule has 0 radical (unpaired) electrons. The predicted molar refractivity (Wildman–Crippen MR) is 420 cm³/mol. The second-order valence-electron chi connectivity index (χ2n) is 24.4. The van der Waals surface area contributed by atoms with Crippen LogP contribution in [0.5, 0.6) is 0 Å². The van der Waals surface area contributed by atoms with Crippen LogP contribution in [-0.4, -0.2) is 97.2 Å². The number of unbranched alkanes of at least 4 members (excludes halogenated alkanes) is 3. The summed E-state index contributed by atoms with van der Waals surface area (Å²) in [5.41, 5.74) is 9.75. The van der Waals surface area contributed by atoms with Crippen molar-refractivity contribution >= 4 is 133 Å². The van der Waals surface area contributed by atoms with Crippen LogP contribution in [0.15, 0.2) is 130 Å². The molecule has 1 N–H and O–H groups in total. The van der Waals surface area contributed by atoms with E-state index >= 15 is 0 Å². The van der Waals surface area contributed by atoms with Gasteiger partial charge in [0.1, 0.15) is 0 Å². The van der Waals surface area contributed by atoms with Crippen LogP contribution >= 0.6 is 105 Å². The van der Waals surface area contributed by atoms with Gasteiger partial charge in [-0.1, -0.05) is 317 Å². The van der Waals surface area contributed by atoms with Crippen molar-refractivity contribution in [2.75, 3.05) is 31.4 Å². The molecule has 7 rings (SSSR count). The normalized spacial score (nSPS) is 12.6. The summed E-state index contributed by atoms with van der Waals surface area (Å²) < 4.78 is 38.1. The topological polar surface area (TPSA) is 184 Å². The number of carbonyl (C=O) groups is 2. The molecule has 3 heterocycles. The minimum atomic E-state index is -4.32. The number of carbonyl (C=O) groups excluding carboxylic acids is 2. The van der Waals surface area contributed by atoms with Crippen molar-refractivity contribution in [2.45, 2.75) is 233 Å². The summed E-state index contributed by atoms with van der Waals surface area (Å²) in [6, 6.07) is 35.5. The Balaban J connectivity index is 0.000000427. The van der Waals surface area contributed by atoms with Crippen LogP contribution in [0.4, 0.5) is 0 Å². The molecule has 530 valence electrons. The summed E-state index contributed by atoms with van der Waals surface area (Å²) in [6.07, 6.45) is 13.4. The standard InChI is InChI=1S/C22H24N2S3.C18H26N2S3.C17H24N2S3.C9H19NO4S.C7H15NO.K/c1-4-16(3)20-12-10-19(11-13-20)15-26-22-24-23-21(27-22)25-14-18-8-6-17(5-2)7-9-18;1-4-6-7-12-21-17-19-20-18(23-17)22-13-15-8-10-16(11-9-15)14(3)5-2;1-4-6-11-20-16-18-19-17(22-16)21-12-14-7-9-15(10-8-14)13(3)5-2;1-5-7(2)8(11)10-9(3,4)6-15(12,13)14;1-5-6(2)7(9)8(3)4;/h5-13,16H,2,4,14-15H2,1,3H3;8-11,14H,4-7,12-13H2,1-3H3;7-10,13H,4-6,11-12H2,1-3H3;7H,5-6H2,1-4H3,(H,10,11)(H,12,13,14);6H,5H2,1-4H3;/q;;;;;+1/p-1. The molecule has 2 amide bonds. The van der Waals surface area contributed by atoms with Crippen molar-refractivity contribution in [2.24, 2.45) is 11.8 Å². The van der Waals surface area contributed by atoms with E-state index < -0.39 is 21.4 Å². The molecule has 3 aromatic heterocycles. The molecule has 0 aliphatic heterocycles. The zero-order chi connectivity index (χ0) is 71.1. The second kappa shape index (κ2) is 51.1. The van der Waals surface area contributed by atoms with Crippen LogP contribution in [-0.2, 0) is 42.7 Å². The molecule has 13 nitrogen and oxygen atoms in total. The van der Waals surface area contributed by atoms with Gasteiger partial charge in [0.05, 0.1) is 15.9 Å². The summed E-state index contributed by atoms with van der Waals surface area (Å²) in [7, 11) is -0.752. The van der Waals surface area contributed by atoms with Gasteiger partial charge in [-0.05, 0) is 121 Å². The smallest absolute Gasteiger partial charge is 0.748 e. The number of amides is 2. The van der Waals surface area contributed by atoms with Gasteiger partial charge in [0.15, 0.2) is 26.0 Å². The van der Waals surface area contributed by atoms with Crippen LogP contribution in [0.1, 0.15) is 223 Å². The number of hydrogen-bond donors (Lipinski definition) is 1. The average Bonchev–Trinajstić information content (AvgIpc) is 2.44. The number of nitrogens with zero attached hydrogens (tertiary/aromatic N) is 7. The fourth-order valence-electron chi connectivity index (χ4n) is 8.36. The zero-order valence-corrected chi connectivity index (χ0v) is 72.0. The van der Waals surface area contributed by atoms with E-state index in [9.17, 15) is 22.6 Å². The summed E-state index contributed by atoms with van der Waals surface area (Å²) in [5.74, 6) is 7.39. The third kappa shape index (κ3) is 38.8. The van der Waals surface area contributed by atoms with Gasteiger partial charge in [0.25, 0.3) is 0 Å². The van der Waals surface area contributed by atoms with Crippen molar-refractivity contribution < 1.29 is 73.9 Å². The Morgan fingerprint density at radius 3 is 1.08 bits per heavy atom. The van der Waals surface area contributed by atoms with Gasteiger partial charge in [0.2, 0.25) is 11.8 Å². The maximum atomic E-state index is 11.5. The van der Waals surface area contributed by atoms with Crippen molar-refractivity contribution in [3.63, 3.8) is 0 Å². The molecule has 5 unspecified atom stereocenters. The molecule has 5 atom stereocenters. The Hall–Kier alpha value is -2.11. The number of hydrogen-bond acceptors (Lipinski definition) is 20. The first-order valence-corrected chi connectivity index (χ1v) is 43.4. The Morgan fingerprint density at radius 1 is 0.505 bits per heavy atom. The van der Waals surface area contributed by atoms with Gasteiger partial charge in [-0.15, -0.1) is 30.6 Å². The van der Waals surface area contributed by atoms with Gasteiger partial charge in [-0.2, -0.15) is 0 Å². The van der Waals surface area contributed by atoms with Crippen LogP contribution in [0.25, 0.3) is 6.08 Å². The van der Waals surface area contributed by atoms with Gasteiger partial charge < -0.3 is 14.8 Å². The number of benzene rings is 4. The summed E-state index contributed by atoms with van der Waals surface area (Å²) >= 11 is 15.9. The Bertz CT molecular complexity index is 3370. The number of rotatable bonds is 35. The van der Waals surface area contributed by atoms with Gasteiger partial charge in [0, 0.05) is 66.0 Å². The summed E-state index contributed by atoms with van der Waals surface area (Å²) in [6.45, 7) is 32.4. The molecule has 0 spiro atoms. The Labute approximate surface area is 664 Å². The molecule has 24 heteroatoms. The fraction of sp³-hybridized carbons (Fsp3) is 0.534. The third-order valence-electron chi connectivity index (χ3n) is 15.5. The van der Waals surface area contributed by atoms with E-state index in [1.54, 1.807) is 107 Å². The summed E-state index contributed by atoms with van der Waals surface area (Å²) in [4.78, 5) is 24.1. The maximum Gasteiger partial charge on any atom is 1.00 e. The van der Waals surface area contributed by atoms with E-state index in [-0.39, 0.29) is 75.0 Å². The Morgan fingerprint density at radius 2 is 0.814 bits per heavy atom. The van der Waals surface area contributed by atoms with Crippen LogP contribution in [0, 0.1) is 11.8 Å². The van der Waals surface area contributed by atoms with Crippen molar-refractivity contribution in [3.05, 3.63) is 148 Å². The first kappa shape index (κ1) is 91.0.